The van der Waals surface area contributed by atoms with Gasteiger partial charge < -0.3 is 4.74 Å². The van der Waals surface area contributed by atoms with Gasteiger partial charge in [0.15, 0.2) is 0 Å². The van der Waals surface area contributed by atoms with E-state index < -0.39 is 0 Å². The molecule has 0 aromatic carbocycles. The van der Waals surface area contributed by atoms with Crippen LogP contribution >= 0.6 is 0 Å². The lowest BCUT2D eigenvalue weighted by Gasteiger charge is -2.37. The lowest BCUT2D eigenvalue weighted by atomic mass is 9.68. The van der Waals surface area contributed by atoms with Crippen LogP contribution in [0.5, 0.6) is 0 Å². The lowest BCUT2D eigenvalue weighted by molar-refractivity contribution is -0.143. The van der Waals surface area contributed by atoms with Crippen LogP contribution in [0.1, 0.15) is 46.5 Å². The van der Waals surface area contributed by atoms with E-state index in [1.165, 1.54) is 43.1 Å². The molecular formula is C16H24O2. The number of allylic oxidation sites excluding steroid dienone is 3. The maximum atomic E-state index is 11.8. The van der Waals surface area contributed by atoms with E-state index in [2.05, 4.69) is 19.9 Å². The van der Waals surface area contributed by atoms with Crippen LogP contribution in [0.15, 0.2) is 22.8 Å². The average molecular weight is 248 g/mol. The van der Waals surface area contributed by atoms with E-state index in [1.807, 2.05) is 6.92 Å². The van der Waals surface area contributed by atoms with Gasteiger partial charge in [-0.15, -0.1) is 0 Å². The number of carbonyl (C=O) groups is 1. The van der Waals surface area contributed by atoms with E-state index in [1.54, 1.807) is 0 Å². The standard InChI is InChI=1S/C16H24O2/c1-10-5-7-13-11(2)6-8-14(15(13)9-10)12(3)16(17)18-4/h9,11-13H,5-8H2,1-4H3/t11-,12-,13+/m1/s1. The fourth-order valence-corrected chi connectivity index (χ4v) is 3.42. The highest BCUT2D eigenvalue weighted by molar-refractivity contribution is 5.75. The van der Waals surface area contributed by atoms with E-state index in [0.29, 0.717) is 5.92 Å². The number of rotatable bonds is 2. The third-order valence-corrected chi connectivity index (χ3v) is 4.66. The summed E-state index contributed by atoms with van der Waals surface area (Å²) in [4.78, 5) is 11.8. The number of methoxy groups -OCH3 is 1. The van der Waals surface area contributed by atoms with Crippen molar-refractivity contribution in [2.45, 2.75) is 46.5 Å². The molecule has 0 unspecified atom stereocenters. The summed E-state index contributed by atoms with van der Waals surface area (Å²) in [6.07, 6.45) is 7.04. The van der Waals surface area contributed by atoms with Gasteiger partial charge in [0, 0.05) is 0 Å². The molecule has 0 aromatic rings. The molecule has 0 saturated heterocycles. The van der Waals surface area contributed by atoms with Crippen molar-refractivity contribution in [2.24, 2.45) is 17.8 Å². The van der Waals surface area contributed by atoms with Crippen LogP contribution in [-0.2, 0) is 9.53 Å². The first kappa shape index (κ1) is 13.4. The number of hydrogen-bond acceptors (Lipinski definition) is 2. The van der Waals surface area contributed by atoms with Crippen LogP contribution in [0, 0.1) is 17.8 Å². The van der Waals surface area contributed by atoms with Crippen LogP contribution in [0.4, 0.5) is 0 Å². The second-order valence-electron chi connectivity index (χ2n) is 5.88. The first-order valence-electron chi connectivity index (χ1n) is 7.02. The van der Waals surface area contributed by atoms with Gasteiger partial charge in [-0.25, -0.2) is 0 Å². The minimum atomic E-state index is -0.0950. The van der Waals surface area contributed by atoms with Crippen molar-refractivity contribution in [3.05, 3.63) is 22.8 Å². The lowest BCUT2D eigenvalue weighted by Crippen LogP contribution is -2.27. The van der Waals surface area contributed by atoms with Gasteiger partial charge in [0.05, 0.1) is 13.0 Å². The van der Waals surface area contributed by atoms with Crippen LogP contribution < -0.4 is 0 Å². The van der Waals surface area contributed by atoms with Crippen molar-refractivity contribution >= 4 is 5.97 Å². The number of esters is 1. The zero-order chi connectivity index (χ0) is 13.3. The molecule has 2 aliphatic carbocycles. The molecule has 0 radical (unpaired) electrons. The fraction of sp³-hybridized carbons (Fsp3) is 0.688. The maximum absolute atomic E-state index is 11.8. The van der Waals surface area contributed by atoms with Crippen molar-refractivity contribution in [3.8, 4) is 0 Å². The summed E-state index contributed by atoms with van der Waals surface area (Å²) < 4.78 is 4.90. The van der Waals surface area contributed by atoms with Gasteiger partial charge in [-0.05, 0) is 56.9 Å². The largest absolute Gasteiger partial charge is 0.469 e. The predicted molar refractivity (Wildman–Crippen MR) is 73.1 cm³/mol. The van der Waals surface area contributed by atoms with Crippen LogP contribution in [0.25, 0.3) is 0 Å². The van der Waals surface area contributed by atoms with Gasteiger partial charge in [-0.2, -0.15) is 0 Å². The molecule has 3 atom stereocenters. The molecule has 2 rings (SSSR count). The van der Waals surface area contributed by atoms with Gasteiger partial charge in [-0.1, -0.05) is 24.1 Å². The van der Waals surface area contributed by atoms with Crippen molar-refractivity contribution in [1.29, 1.82) is 0 Å². The zero-order valence-corrected chi connectivity index (χ0v) is 12.0. The van der Waals surface area contributed by atoms with E-state index in [0.717, 1.165) is 12.3 Å². The minimum absolute atomic E-state index is 0.0813. The quantitative estimate of drug-likeness (QED) is 0.693. The highest BCUT2D eigenvalue weighted by atomic mass is 16.5. The van der Waals surface area contributed by atoms with Crippen LogP contribution in [0.2, 0.25) is 0 Å². The van der Waals surface area contributed by atoms with Gasteiger partial charge in [-0.3, -0.25) is 4.79 Å². The second-order valence-corrected chi connectivity index (χ2v) is 5.88. The van der Waals surface area contributed by atoms with Gasteiger partial charge in [0.25, 0.3) is 0 Å². The smallest absolute Gasteiger partial charge is 0.312 e. The topological polar surface area (TPSA) is 26.3 Å². The zero-order valence-electron chi connectivity index (χ0n) is 12.0. The normalized spacial score (nSPS) is 29.4. The first-order chi connectivity index (χ1) is 8.54. The predicted octanol–water partition coefficient (Wildman–Crippen LogP) is 3.88. The molecule has 0 N–H and O–H groups in total. The van der Waals surface area contributed by atoms with Crippen LogP contribution in [-0.4, -0.2) is 13.1 Å². The summed E-state index contributed by atoms with van der Waals surface area (Å²) in [5.74, 6) is 1.23. The Labute approximate surface area is 110 Å². The number of fused-ring (bicyclic) bond motifs is 1. The van der Waals surface area contributed by atoms with Crippen molar-refractivity contribution < 1.29 is 9.53 Å². The maximum Gasteiger partial charge on any atom is 0.312 e. The van der Waals surface area contributed by atoms with Crippen molar-refractivity contribution in [1.82, 2.24) is 0 Å². The van der Waals surface area contributed by atoms with Gasteiger partial charge in [0.2, 0.25) is 0 Å². The molecular weight excluding hydrogens is 224 g/mol. The fourth-order valence-electron chi connectivity index (χ4n) is 3.42. The average Bonchev–Trinajstić information content (AvgIpc) is 2.37. The van der Waals surface area contributed by atoms with E-state index >= 15 is 0 Å². The molecule has 0 fully saturated rings. The highest BCUT2D eigenvalue weighted by Crippen LogP contribution is 2.44. The van der Waals surface area contributed by atoms with Gasteiger partial charge in [0.1, 0.15) is 0 Å². The summed E-state index contributed by atoms with van der Waals surface area (Å²) in [5.41, 5.74) is 4.21. The third-order valence-electron chi connectivity index (χ3n) is 4.66. The molecule has 0 saturated carbocycles. The molecule has 2 nitrogen and oxygen atoms in total. The summed E-state index contributed by atoms with van der Waals surface area (Å²) in [7, 11) is 1.48. The Kier molecular flexibility index (Phi) is 3.94. The molecule has 0 aromatic heterocycles. The van der Waals surface area contributed by atoms with E-state index in [-0.39, 0.29) is 11.9 Å². The Morgan fingerprint density at radius 3 is 2.78 bits per heavy atom. The number of ether oxygens (including phenoxy) is 1. The highest BCUT2D eigenvalue weighted by Gasteiger charge is 2.33. The summed E-state index contributed by atoms with van der Waals surface area (Å²) in [5, 5.41) is 0. The van der Waals surface area contributed by atoms with Crippen molar-refractivity contribution in [2.75, 3.05) is 7.11 Å². The molecule has 2 heteroatoms. The molecule has 0 bridgehead atoms. The molecule has 0 heterocycles. The van der Waals surface area contributed by atoms with E-state index in [4.69, 9.17) is 4.74 Å². The Balaban J connectivity index is 2.39. The Hall–Kier alpha value is -1.05. The number of carbonyl (C=O) groups excluding carboxylic acids is 1. The SMILES string of the molecule is COC(=O)[C@H](C)C1=C2C=C(C)CC[C@H]2[C@H](C)CC1. The first-order valence-corrected chi connectivity index (χ1v) is 7.02. The molecule has 0 spiro atoms. The minimum Gasteiger partial charge on any atom is -0.469 e. The summed E-state index contributed by atoms with van der Waals surface area (Å²) in [6.45, 7) is 6.53. The Morgan fingerprint density at radius 1 is 1.39 bits per heavy atom. The second kappa shape index (κ2) is 5.29. The molecule has 100 valence electrons. The van der Waals surface area contributed by atoms with E-state index in [9.17, 15) is 4.79 Å². The molecule has 18 heavy (non-hydrogen) atoms. The monoisotopic (exact) mass is 248 g/mol. The van der Waals surface area contributed by atoms with Crippen molar-refractivity contribution in [3.63, 3.8) is 0 Å². The summed E-state index contributed by atoms with van der Waals surface area (Å²) in [6, 6.07) is 0. The Bertz CT molecular complexity index is 403. The summed E-state index contributed by atoms with van der Waals surface area (Å²) >= 11 is 0. The molecule has 0 aliphatic heterocycles. The van der Waals surface area contributed by atoms with Gasteiger partial charge >= 0.3 is 5.97 Å². The molecule has 0 amide bonds. The van der Waals surface area contributed by atoms with Crippen LogP contribution in [0.3, 0.4) is 0 Å². The Morgan fingerprint density at radius 2 is 2.11 bits per heavy atom. The molecule has 2 aliphatic rings. The third kappa shape index (κ3) is 2.38. The number of hydrogen-bond donors (Lipinski definition) is 0.